The van der Waals surface area contributed by atoms with Crippen molar-refractivity contribution in [3.8, 4) is 0 Å². The molecule has 2 atom stereocenters. The number of anilines is 1. The van der Waals surface area contributed by atoms with E-state index in [1.54, 1.807) is 6.33 Å². The summed E-state index contributed by atoms with van der Waals surface area (Å²) in [5, 5.41) is 9.15. The molecule has 108 valence electrons. The van der Waals surface area contributed by atoms with Crippen LogP contribution in [0, 0.1) is 5.92 Å². The highest BCUT2D eigenvalue weighted by atomic mass is 16.5. The number of carboxylic acid groups (broad SMARTS) is 1. The molecule has 0 spiro atoms. The first-order valence-corrected chi connectivity index (χ1v) is 7.11. The van der Waals surface area contributed by atoms with Crippen molar-refractivity contribution >= 4 is 11.8 Å². The zero-order valence-corrected chi connectivity index (χ0v) is 11.4. The number of hydrogen-bond donors (Lipinski definition) is 1. The van der Waals surface area contributed by atoms with Crippen molar-refractivity contribution < 1.29 is 14.6 Å². The summed E-state index contributed by atoms with van der Waals surface area (Å²) in [6, 6.07) is 1.99. The maximum absolute atomic E-state index is 11.1. The van der Waals surface area contributed by atoms with Crippen LogP contribution >= 0.6 is 0 Å². The third kappa shape index (κ3) is 2.75. The molecule has 20 heavy (non-hydrogen) atoms. The van der Waals surface area contributed by atoms with E-state index in [-0.39, 0.29) is 5.92 Å². The van der Waals surface area contributed by atoms with Crippen LogP contribution in [-0.4, -0.2) is 47.3 Å². The molecule has 2 aliphatic rings. The van der Waals surface area contributed by atoms with Gasteiger partial charge in [0.1, 0.15) is 12.1 Å². The molecule has 0 bridgehead atoms. The highest BCUT2D eigenvalue weighted by Crippen LogP contribution is 2.27. The number of ether oxygens (including phenoxy) is 1. The second-order valence-electron chi connectivity index (χ2n) is 5.48. The smallest absolute Gasteiger partial charge is 0.308 e. The van der Waals surface area contributed by atoms with Crippen molar-refractivity contribution in [2.45, 2.75) is 25.2 Å². The molecule has 0 amide bonds. The first kappa shape index (κ1) is 13.3. The third-order valence-corrected chi connectivity index (χ3v) is 4.12. The Labute approximate surface area is 117 Å². The summed E-state index contributed by atoms with van der Waals surface area (Å²) >= 11 is 0. The van der Waals surface area contributed by atoms with Gasteiger partial charge in [0.15, 0.2) is 0 Å². The number of carbonyl (C=O) groups is 1. The van der Waals surface area contributed by atoms with Crippen LogP contribution in [0.1, 0.15) is 30.9 Å². The van der Waals surface area contributed by atoms with Gasteiger partial charge in [-0.1, -0.05) is 0 Å². The fourth-order valence-corrected chi connectivity index (χ4v) is 2.91. The van der Waals surface area contributed by atoms with Gasteiger partial charge in [-0.3, -0.25) is 4.79 Å². The minimum absolute atomic E-state index is 0.294. The van der Waals surface area contributed by atoms with Crippen LogP contribution in [0.3, 0.4) is 0 Å². The molecular weight excluding hydrogens is 258 g/mol. The maximum Gasteiger partial charge on any atom is 0.308 e. The van der Waals surface area contributed by atoms with E-state index in [1.807, 2.05) is 6.07 Å². The van der Waals surface area contributed by atoms with Crippen molar-refractivity contribution in [1.82, 2.24) is 9.97 Å². The van der Waals surface area contributed by atoms with Gasteiger partial charge >= 0.3 is 5.97 Å². The van der Waals surface area contributed by atoms with Crippen molar-refractivity contribution in [3.63, 3.8) is 0 Å². The van der Waals surface area contributed by atoms with E-state index >= 15 is 0 Å². The molecule has 6 heteroatoms. The standard InChI is InChI=1S/C14H19N3O3/c18-14(19)10-2-1-4-17(7-10)13-6-12(15-9-16-13)11-3-5-20-8-11/h6,9-11H,1-5,7-8H2,(H,18,19). The van der Waals surface area contributed by atoms with Gasteiger partial charge in [-0.2, -0.15) is 0 Å². The topological polar surface area (TPSA) is 75.5 Å². The Kier molecular flexibility index (Phi) is 3.82. The first-order chi connectivity index (χ1) is 9.74. The molecule has 2 saturated heterocycles. The molecule has 0 aliphatic carbocycles. The molecule has 0 radical (unpaired) electrons. The Morgan fingerprint density at radius 3 is 3.05 bits per heavy atom. The number of piperidine rings is 1. The molecule has 1 aromatic heterocycles. The van der Waals surface area contributed by atoms with E-state index in [0.29, 0.717) is 19.1 Å². The van der Waals surface area contributed by atoms with Gasteiger partial charge in [0.2, 0.25) is 0 Å². The van der Waals surface area contributed by atoms with Crippen LogP contribution in [0.4, 0.5) is 5.82 Å². The molecule has 3 rings (SSSR count). The molecule has 3 heterocycles. The fraction of sp³-hybridized carbons (Fsp3) is 0.643. The summed E-state index contributed by atoms with van der Waals surface area (Å²) < 4.78 is 5.39. The first-order valence-electron chi connectivity index (χ1n) is 7.11. The number of carboxylic acids is 1. The Morgan fingerprint density at radius 1 is 1.40 bits per heavy atom. The Bertz CT molecular complexity index is 488. The van der Waals surface area contributed by atoms with Gasteiger partial charge < -0.3 is 14.7 Å². The summed E-state index contributed by atoms with van der Waals surface area (Å²) in [7, 11) is 0. The molecule has 1 aromatic rings. The normalized spacial score (nSPS) is 26.7. The van der Waals surface area contributed by atoms with E-state index in [0.717, 1.165) is 43.9 Å². The Hall–Kier alpha value is -1.69. The number of aliphatic carboxylic acids is 1. The van der Waals surface area contributed by atoms with E-state index in [2.05, 4.69) is 14.9 Å². The molecular formula is C14H19N3O3. The van der Waals surface area contributed by atoms with Crippen LogP contribution < -0.4 is 4.90 Å². The predicted octanol–water partition coefficient (Wildman–Crippen LogP) is 1.28. The van der Waals surface area contributed by atoms with Gasteiger partial charge in [-0.15, -0.1) is 0 Å². The molecule has 1 N–H and O–H groups in total. The second kappa shape index (κ2) is 5.75. The molecule has 0 aromatic carbocycles. The van der Waals surface area contributed by atoms with Crippen LogP contribution in [0.2, 0.25) is 0 Å². The predicted molar refractivity (Wildman–Crippen MR) is 72.8 cm³/mol. The molecule has 2 fully saturated rings. The van der Waals surface area contributed by atoms with Gasteiger partial charge in [-0.05, 0) is 19.3 Å². The van der Waals surface area contributed by atoms with Crippen molar-refractivity contribution in [1.29, 1.82) is 0 Å². The van der Waals surface area contributed by atoms with Gasteiger partial charge in [-0.25, -0.2) is 9.97 Å². The van der Waals surface area contributed by atoms with E-state index in [4.69, 9.17) is 9.84 Å². The lowest BCUT2D eigenvalue weighted by Crippen LogP contribution is -2.39. The average Bonchev–Trinajstić information content (AvgIpc) is 3.02. The highest BCUT2D eigenvalue weighted by Gasteiger charge is 2.27. The average molecular weight is 277 g/mol. The summed E-state index contributed by atoms with van der Waals surface area (Å²) in [6.45, 7) is 2.90. The van der Waals surface area contributed by atoms with Gasteiger partial charge in [0.25, 0.3) is 0 Å². The molecule has 2 aliphatic heterocycles. The van der Waals surface area contributed by atoms with Crippen LogP contribution in [0.15, 0.2) is 12.4 Å². The molecule has 0 saturated carbocycles. The summed E-state index contributed by atoms with van der Waals surface area (Å²) in [5.74, 6) is 0.176. The minimum atomic E-state index is -0.715. The van der Waals surface area contributed by atoms with Crippen molar-refractivity contribution in [3.05, 3.63) is 18.1 Å². The second-order valence-corrected chi connectivity index (χ2v) is 5.48. The van der Waals surface area contributed by atoms with E-state index in [9.17, 15) is 4.79 Å². The highest BCUT2D eigenvalue weighted by molar-refractivity contribution is 5.71. The summed E-state index contributed by atoms with van der Waals surface area (Å²) in [5.41, 5.74) is 1.00. The van der Waals surface area contributed by atoms with Gasteiger partial charge in [0.05, 0.1) is 18.2 Å². The summed E-state index contributed by atoms with van der Waals surface area (Å²) in [4.78, 5) is 21.8. The van der Waals surface area contributed by atoms with Gasteiger partial charge in [0, 0.05) is 31.7 Å². The lowest BCUT2D eigenvalue weighted by atomic mass is 9.98. The largest absolute Gasteiger partial charge is 0.481 e. The number of aromatic nitrogens is 2. The van der Waals surface area contributed by atoms with Crippen LogP contribution in [0.25, 0.3) is 0 Å². The number of nitrogens with zero attached hydrogens (tertiary/aromatic N) is 3. The van der Waals surface area contributed by atoms with E-state index in [1.165, 1.54) is 0 Å². The monoisotopic (exact) mass is 277 g/mol. The molecule has 6 nitrogen and oxygen atoms in total. The zero-order chi connectivity index (χ0) is 13.9. The quantitative estimate of drug-likeness (QED) is 0.897. The lowest BCUT2D eigenvalue weighted by molar-refractivity contribution is -0.141. The third-order valence-electron chi connectivity index (χ3n) is 4.12. The Morgan fingerprint density at radius 2 is 2.30 bits per heavy atom. The van der Waals surface area contributed by atoms with E-state index < -0.39 is 5.97 Å². The van der Waals surface area contributed by atoms with Crippen LogP contribution in [0.5, 0.6) is 0 Å². The minimum Gasteiger partial charge on any atom is -0.481 e. The number of rotatable bonds is 3. The fourth-order valence-electron chi connectivity index (χ4n) is 2.91. The SMILES string of the molecule is O=C(O)C1CCCN(c2cc(C3CCOC3)ncn2)C1. The molecule has 2 unspecified atom stereocenters. The van der Waals surface area contributed by atoms with Crippen LogP contribution in [-0.2, 0) is 9.53 Å². The zero-order valence-electron chi connectivity index (χ0n) is 11.4. The van der Waals surface area contributed by atoms with Crippen molar-refractivity contribution in [2.75, 3.05) is 31.2 Å². The maximum atomic E-state index is 11.1. The Balaban J connectivity index is 1.75. The summed E-state index contributed by atoms with van der Waals surface area (Å²) in [6.07, 6.45) is 4.21. The lowest BCUT2D eigenvalue weighted by Gasteiger charge is -2.31. The number of hydrogen-bond acceptors (Lipinski definition) is 5. The van der Waals surface area contributed by atoms with Crippen molar-refractivity contribution in [2.24, 2.45) is 5.92 Å².